The zero-order chi connectivity index (χ0) is 11.3. The summed E-state index contributed by atoms with van der Waals surface area (Å²) in [6.45, 7) is 3.78. The van der Waals surface area contributed by atoms with Crippen LogP contribution in [0.5, 0.6) is 0 Å². The van der Waals surface area contributed by atoms with Crippen molar-refractivity contribution in [3.63, 3.8) is 0 Å². The molecule has 2 unspecified atom stereocenters. The third kappa shape index (κ3) is 3.18. The Bertz CT molecular complexity index is 256. The van der Waals surface area contributed by atoms with Crippen molar-refractivity contribution in [3.05, 3.63) is 0 Å². The van der Waals surface area contributed by atoms with Crippen LogP contribution in [0.4, 0.5) is 0 Å². The molecule has 5 nitrogen and oxygen atoms in total. The summed E-state index contributed by atoms with van der Waals surface area (Å²) in [5.74, 6) is -0.0510. The average Bonchev–Trinajstić information content (AvgIpc) is 2.28. The Morgan fingerprint density at radius 1 is 1.80 bits per heavy atom. The first kappa shape index (κ1) is 12.0. The molecular formula is C10H17N3O2. The summed E-state index contributed by atoms with van der Waals surface area (Å²) in [5.41, 5.74) is 0. The van der Waals surface area contributed by atoms with E-state index < -0.39 is 6.10 Å². The maximum atomic E-state index is 11.9. The Kier molecular flexibility index (Phi) is 4.53. The average molecular weight is 211 g/mol. The number of nitrogens with one attached hydrogen (secondary N) is 1. The van der Waals surface area contributed by atoms with E-state index in [4.69, 9.17) is 10.00 Å². The molecule has 1 saturated heterocycles. The van der Waals surface area contributed by atoms with Crippen LogP contribution in [0, 0.1) is 11.3 Å². The summed E-state index contributed by atoms with van der Waals surface area (Å²) in [6.07, 6.45) is -0.0487. The predicted octanol–water partition coefficient (Wildman–Crippen LogP) is -0.265. The van der Waals surface area contributed by atoms with E-state index in [2.05, 4.69) is 11.4 Å². The molecule has 1 heterocycles. The molecule has 1 aliphatic heterocycles. The lowest BCUT2D eigenvalue weighted by Gasteiger charge is -2.30. The van der Waals surface area contributed by atoms with Gasteiger partial charge in [-0.05, 0) is 6.92 Å². The standard InChI is InChI=1S/C10H17N3O2/c1-8(3-4-11)13(2)10(14)9-7-12-5-6-15-9/h8-9,12H,3,5-7H2,1-2H3. The van der Waals surface area contributed by atoms with Gasteiger partial charge in [-0.3, -0.25) is 4.79 Å². The fraction of sp³-hybridized carbons (Fsp3) is 0.800. The second-order valence-corrected chi connectivity index (χ2v) is 3.72. The molecule has 1 N–H and O–H groups in total. The Labute approximate surface area is 90.0 Å². The minimum atomic E-state index is -0.398. The van der Waals surface area contributed by atoms with Crippen molar-refractivity contribution < 1.29 is 9.53 Å². The smallest absolute Gasteiger partial charge is 0.253 e. The largest absolute Gasteiger partial charge is 0.366 e. The van der Waals surface area contributed by atoms with E-state index in [1.807, 2.05) is 6.92 Å². The minimum Gasteiger partial charge on any atom is -0.366 e. The van der Waals surface area contributed by atoms with Gasteiger partial charge in [-0.15, -0.1) is 0 Å². The van der Waals surface area contributed by atoms with Crippen molar-refractivity contribution in [2.45, 2.75) is 25.5 Å². The molecule has 0 bridgehead atoms. The van der Waals surface area contributed by atoms with Gasteiger partial charge in [0.25, 0.3) is 5.91 Å². The van der Waals surface area contributed by atoms with Gasteiger partial charge in [0.15, 0.2) is 0 Å². The van der Waals surface area contributed by atoms with E-state index in [1.54, 1.807) is 11.9 Å². The number of morpholine rings is 1. The number of carbonyl (C=O) groups is 1. The molecule has 0 aromatic heterocycles. The molecular weight excluding hydrogens is 194 g/mol. The van der Waals surface area contributed by atoms with Crippen molar-refractivity contribution in [1.82, 2.24) is 10.2 Å². The first-order chi connectivity index (χ1) is 7.16. The van der Waals surface area contributed by atoms with Crippen molar-refractivity contribution >= 4 is 5.91 Å². The lowest BCUT2D eigenvalue weighted by atomic mass is 10.2. The summed E-state index contributed by atoms with van der Waals surface area (Å²) in [6, 6.07) is 1.99. The minimum absolute atomic E-state index is 0.0510. The molecule has 0 spiro atoms. The van der Waals surface area contributed by atoms with Crippen molar-refractivity contribution in [3.8, 4) is 6.07 Å². The number of ether oxygens (including phenoxy) is 1. The van der Waals surface area contributed by atoms with Crippen LogP contribution < -0.4 is 5.32 Å². The number of rotatable bonds is 3. The van der Waals surface area contributed by atoms with Crippen LogP contribution in [0.25, 0.3) is 0 Å². The molecule has 2 atom stereocenters. The van der Waals surface area contributed by atoms with Gasteiger partial charge in [-0.25, -0.2) is 0 Å². The lowest BCUT2D eigenvalue weighted by Crippen LogP contribution is -2.50. The fourth-order valence-corrected chi connectivity index (χ4v) is 1.44. The molecule has 15 heavy (non-hydrogen) atoms. The number of hydrogen-bond acceptors (Lipinski definition) is 4. The predicted molar refractivity (Wildman–Crippen MR) is 55.1 cm³/mol. The third-order valence-electron chi connectivity index (χ3n) is 2.60. The monoisotopic (exact) mass is 211 g/mol. The molecule has 5 heteroatoms. The molecule has 0 aromatic rings. The molecule has 1 fully saturated rings. The second-order valence-electron chi connectivity index (χ2n) is 3.72. The van der Waals surface area contributed by atoms with Crippen LogP contribution in [0.1, 0.15) is 13.3 Å². The van der Waals surface area contributed by atoms with Gasteiger partial charge in [0.05, 0.1) is 19.1 Å². The normalized spacial score (nSPS) is 22.9. The molecule has 1 rings (SSSR count). The van der Waals surface area contributed by atoms with E-state index >= 15 is 0 Å². The van der Waals surface area contributed by atoms with Crippen LogP contribution in [0.15, 0.2) is 0 Å². The highest BCUT2D eigenvalue weighted by molar-refractivity contribution is 5.81. The number of likely N-dealkylation sites (N-methyl/N-ethyl adjacent to an activating group) is 1. The maximum Gasteiger partial charge on any atom is 0.253 e. The second kappa shape index (κ2) is 5.69. The van der Waals surface area contributed by atoms with Crippen LogP contribution in [-0.2, 0) is 9.53 Å². The first-order valence-corrected chi connectivity index (χ1v) is 5.12. The van der Waals surface area contributed by atoms with Gasteiger partial charge in [-0.1, -0.05) is 0 Å². The van der Waals surface area contributed by atoms with Gasteiger partial charge in [0.2, 0.25) is 0 Å². The van der Waals surface area contributed by atoms with Gasteiger partial charge in [-0.2, -0.15) is 5.26 Å². The van der Waals surface area contributed by atoms with Gasteiger partial charge in [0, 0.05) is 26.2 Å². The maximum absolute atomic E-state index is 11.9. The van der Waals surface area contributed by atoms with E-state index in [0.29, 0.717) is 19.6 Å². The first-order valence-electron chi connectivity index (χ1n) is 5.12. The molecule has 0 aliphatic carbocycles. The molecule has 0 radical (unpaired) electrons. The van der Waals surface area contributed by atoms with Crippen molar-refractivity contribution in [1.29, 1.82) is 5.26 Å². The van der Waals surface area contributed by atoms with Crippen LogP contribution in [-0.4, -0.2) is 49.7 Å². The molecule has 1 aliphatic rings. The Hall–Kier alpha value is -1.12. The summed E-state index contributed by atoms with van der Waals surface area (Å²) < 4.78 is 5.35. The van der Waals surface area contributed by atoms with E-state index in [1.165, 1.54) is 0 Å². The number of nitrogens with zero attached hydrogens (tertiary/aromatic N) is 2. The van der Waals surface area contributed by atoms with E-state index in [-0.39, 0.29) is 11.9 Å². The quantitative estimate of drug-likeness (QED) is 0.698. The lowest BCUT2D eigenvalue weighted by molar-refractivity contribution is -0.145. The highest BCUT2D eigenvalue weighted by atomic mass is 16.5. The third-order valence-corrected chi connectivity index (χ3v) is 2.60. The van der Waals surface area contributed by atoms with Crippen LogP contribution in [0.3, 0.4) is 0 Å². The topological polar surface area (TPSA) is 65.4 Å². The Balaban J connectivity index is 2.47. The van der Waals surface area contributed by atoms with E-state index in [0.717, 1.165) is 6.54 Å². The van der Waals surface area contributed by atoms with Crippen molar-refractivity contribution in [2.75, 3.05) is 26.7 Å². The SMILES string of the molecule is CC(CC#N)N(C)C(=O)C1CNCCO1. The highest BCUT2D eigenvalue weighted by Crippen LogP contribution is 2.06. The Morgan fingerprint density at radius 2 is 2.53 bits per heavy atom. The molecule has 1 amide bonds. The Morgan fingerprint density at radius 3 is 3.07 bits per heavy atom. The van der Waals surface area contributed by atoms with Crippen LogP contribution >= 0.6 is 0 Å². The summed E-state index contributed by atoms with van der Waals surface area (Å²) in [5, 5.41) is 11.7. The number of nitriles is 1. The number of amides is 1. The molecule has 84 valence electrons. The molecule has 0 saturated carbocycles. The summed E-state index contributed by atoms with van der Waals surface area (Å²) in [7, 11) is 1.71. The number of carbonyl (C=O) groups excluding carboxylic acids is 1. The zero-order valence-corrected chi connectivity index (χ0v) is 9.19. The van der Waals surface area contributed by atoms with Crippen molar-refractivity contribution in [2.24, 2.45) is 0 Å². The highest BCUT2D eigenvalue weighted by Gasteiger charge is 2.26. The van der Waals surface area contributed by atoms with Gasteiger partial charge >= 0.3 is 0 Å². The summed E-state index contributed by atoms with van der Waals surface area (Å²) in [4.78, 5) is 13.5. The summed E-state index contributed by atoms with van der Waals surface area (Å²) >= 11 is 0. The van der Waals surface area contributed by atoms with Gasteiger partial charge in [0.1, 0.15) is 6.10 Å². The fourth-order valence-electron chi connectivity index (χ4n) is 1.44. The number of hydrogen-bond donors (Lipinski definition) is 1. The zero-order valence-electron chi connectivity index (χ0n) is 9.19. The van der Waals surface area contributed by atoms with Crippen LogP contribution in [0.2, 0.25) is 0 Å². The molecule has 0 aromatic carbocycles. The van der Waals surface area contributed by atoms with E-state index in [9.17, 15) is 4.79 Å². The van der Waals surface area contributed by atoms with Gasteiger partial charge < -0.3 is 15.0 Å².